The fraction of sp³-hybridized carbons (Fsp3) is 0.231. The maximum atomic E-state index is 12.9. The lowest BCUT2D eigenvalue weighted by Crippen LogP contribution is -2.41. The minimum Gasteiger partial charge on any atom is -0.480 e. The molecule has 2 aromatic rings. The lowest BCUT2D eigenvalue weighted by molar-refractivity contribution is -0.140. The summed E-state index contributed by atoms with van der Waals surface area (Å²) in [6.07, 6.45) is 0.215. The topological polar surface area (TPSA) is 133 Å². The Bertz CT molecular complexity index is 1090. The quantitative estimate of drug-likeness (QED) is 0.216. The van der Waals surface area contributed by atoms with Gasteiger partial charge in [-0.2, -0.15) is 0 Å². The van der Waals surface area contributed by atoms with Gasteiger partial charge in [0.15, 0.2) is 0 Å². The average Bonchev–Trinajstić information content (AvgIpc) is 2.81. The van der Waals surface area contributed by atoms with Crippen LogP contribution in [-0.4, -0.2) is 46.0 Å². The molecule has 0 aromatic heterocycles. The molecule has 0 saturated heterocycles. The maximum absolute atomic E-state index is 12.9. The first kappa shape index (κ1) is 28.7. The van der Waals surface area contributed by atoms with Crippen molar-refractivity contribution < 1.29 is 29.4 Å². The number of carbonyl (C=O) groups excluding carboxylic acids is 2. The molecule has 0 spiro atoms. The number of nitrogens with one attached hydrogen (secondary N) is 2. The molecule has 4 N–H and O–H groups in total. The molecule has 10 heteroatoms. The molecule has 8 nitrogen and oxygen atoms in total. The molecule has 0 aliphatic rings. The van der Waals surface area contributed by atoms with E-state index in [2.05, 4.69) is 23.8 Å². The highest BCUT2D eigenvalue weighted by Gasteiger charge is 2.24. The summed E-state index contributed by atoms with van der Waals surface area (Å²) in [5.74, 6) is -3.39. The number of aliphatic carboxylic acids is 2. The molecule has 0 aliphatic carbocycles. The van der Waals surface area contributed by atoms with Crippen LogP contribution in [0, 0.1) is 0 Å². The molecule has 0 unspecified atom stereocenters. The van der Waals surface area contributed by atoms with Crippen molar-refractivity contribution in [3.8, 4) is 0 Å². The molecule has 0 radical (unpaired) electrons. The van der Waals surface area contributed by atoms with Crippen molar-refractivity contribution in [1.82, 2.24) is 10.6 Å². The van der Waals surface area contributed by atoms with Gasteiger partial charge in [0, 0.05) is 9.79 Å². The molecule has 36 heavy (non-hydrogen) atoms. The Morgan fingerprint density at radius 2 is 1.06 bits per heavy atom. The van der Waals surface area contributed by atoms with Gasteiger partial charge in [-0.3, -0.25) is 9.59 Å². The molecule has 0 bridgehead atoms. The van der Waals surface area contributed by atoms with E-state index < -0.39 is 35.8 Å². The van der Waals surface area contributed by atoms with Gasteiger partial charge in [0.05, 0.1) is 11.1 Å². The van der Waals surface area contributed by atoms with Gasteiger partial charge in [0.1, 0.15) is 12.1 Å². The Morgan fingerprint density at radius 3 is 1.36 bits per heavy atom. The molecule has 0 saturated carbocycles. The van der Waals surface area contributed by atoms with Gasteiger partial charge in [-0.25, -0.2) is 9.59 Å². The second-order valence-electron chi connectivity index (χ2n) is 8.21. The minimum atomic E-state index is -1.16. The largest absolute Gasteiger partial charge is 0.480 e. The van der Waals surface area contributed by atoms with Crippen LogP contribution in [0.1, 0.15) is 47.4 Å². The smallest absolute Gasteiger partial charge is 0.326 e. The van der Waals surface area contributed by atoms with E-state index in [0.29, 0.717) is 20.9 Å². The Hall–Kier alpha value is -3.50. The van der Waals surface area contributed by atoms with Crippen LogP contribution >= 0.6 is 21.6 Å². The van der Waals surface area contributed by atoms with E-state index in [1.54, 1.807) is 62.4 Å². The Morgan fingerprint density at radius 1 is 0.722 bits per heavy atom. The molecule has 2 rings (SSSR count). The van der Waals surface area contributed by atoms with E-state index in [0.717, 1.165) is 0 Å². The first-order valence-corrected chi connectivity index (χ1v) is 13.0. The van der Waals surface area contributed by atoms with E-state index in [-0.39, 0.29) is 24.0 Å². The third-order valence-corrected chi connectivity index (χ3v) is 7.28. The molecule has 2 aromatic carbocycles. The summed E-state index contributed by atoms with van der Waals surface area (Å²) < 4.78 is 0. The molecular formula is C26H28N2O6S2. The third-order valence-electron chi connectivity index (χ3n) is 4.80. The van der Waals surface area contributed by atoms with Crippen LogP contribution in [0.4, 0.5) is 0 Å². The highest BCUT2D eigenvalue weighted by Crippen LogP contribution is 2.40. The molecule has 2 atom stereocenters. The van der Waals surface area contributed by atoms with Crippen molar-refractivity contribution in [2.45, 2.75) is 48.6 Å². The fourth-order valence-corrected chi connectivity index (χ4v) is 5.47. The van der Waals surface area contributed by atoms with E-state index in [1.807, 2.05) is 0 Å². The van der Waals surface area contributed by atoms with Gasteiger partial charge in [-0.1, -0.05) is 57.0 Å². The monoisotopic (exact) mass is 528 g/mol. The van der Waals surface area contributed by atoms with Crippen LogP contribution in [-0.2, 0) is 9.59 Å². The van der Waals surface area contributed by atoms with Crippen LogP contribution in [0.15, 0.2) is 82.6 Å². The van der Waals surface area contributed by atoms with Crippen molar-refractivity contribution in [2.24, 2.45) is 0 Å². The lowest BCUT2D eigenvalue weighted by atomic mass is 10.1. The van der Waals surface area contributed by atoms with Crippen LogP contribution in [0.25, 0.3) is 0 Å². The SMILES string of the molecule is C=C(C)C[C@H](NC(=O)c1ccccc1SSc1ccccc1C(=O)N[C@@H](CC(=C)C)C(=O)O)C(=O)O. The highest BCUT2D eigenvalue weighted by molar-refractivity contribution is 8.76. The van der Waals surface area contributed by atoms with Crippen molar-refractivity contribution in [3.63, 3.8) is 0 Å². The van der Waals surface area contributed by atoms with Crippen molar-refractivity contribution >= 4 is 45.3 Å². The first-order valence-electron chi connectivity index (χ1n) is 10.9. The van der Waals surface area contributed by atoms with E-state index in [4.69, 9.17) is 0 Å². The number of hydrogen-bond acceptors (Lipinski definition) is 6. The zero-order chi connectivity index (χ0) is 26.8. The van der Waals surface area contributed by atoms with Gasteiger partial charge in [0.2, 0.25) is 0 Å². The predicted molar refractivity (Wildman–Crippen MR) is 141 cm³/mol. The van der Waals surface area contributed by atoms with Gasteiger partial charge in [-0.15, -0.1) is 13.2 Å². The summed E-state index contributed by atoms with van der Waals surface area (Å²) in [4.78, 5) is 49.9. The van der Waals surface area contributed by atoms with Crippen molar-refractivity contribution in [2.75, 3.05) is 0 Å². The van der Waals surface area contributed by atoms with Crippen molar-refractivity contribution in [1.29, 1.82) is 0 Å². The minimum absolute atomic E-state index is 0.107. The molecule has 0 aliphatic heterocycles. The Balaban J connectivity index is 2.20. The third kappa shape index (κ3) is 8.62. The second kappa shape index (κ2) is 13.6. The summed E-state index contributed by atoms with van der Waals surface area (Å²) in [7, 11) is 2.45. The second-order valence-corrected chi connectivity index (χ2v) is 10.4. The molecule has 0 heterocycles. The molecule has 2 amide bonds. The van der Waals surface area contributed by atoms with Crippen molar-refractivity contribution in [3.05, 3.63) is 84.0 Å². The number of rotatable bonds is 13. The Labute approximate surface area is 217 Å². The van der Waals surface area contributed by atoms with E-state index in [1.165, 1.54) is 21.6 Å². The summed E-state index contributed by atoms with van der Waals surface area (Å²) in [6, 6.07) is 11.2. The summed E-state index contributed by atoms with van der Waals surface area (Å²) >= 11 is 0. The van der Waals surface area contributed by atoms with E-state index in [9.17, 15) is 29.4 Å². The fourth-order valence-electron chi connectivity index (χ4n) is 3.11. The normalized spacial score (nSPS) is 12.2. The van der Waals surface area contributed by atoms with Crippen LogP contribution in [0.3, 0.4) is 0 Å². The maximum Gasteiger partial charge on any atom is 0.326 e. The zero-order valence-corrected chi connectivity index (χ0v) is 21.6. The zero-order valence-electron chi connectivity index (χ0n) is 19.9. The van der Waals surface area contributed by atoms with E-state index >= 15 is 0 Å². The average molecular weight is 529 g/mol. The first-order chi connectivity index (χ1) is 17.0. The van der Waals surface area contributed by atoms with Crippen LogP contribution < -0.4 is 10.6 Å². The lowest BCUT2D eigenvalue weighted by Gasteiger charge is -2.17. The summed E-state index contributed by atoms with van der Waals surface area (Å²) in [6.45, 7) is 10.8. The summed E-state index contributed by atoms with van der Waals surface area (Å²) in [5, 5.41) is 23.9. The van der Waals surface area contributed by atoms with Gasteiger partial charge >= 0.3 is 11.9 Å². The summed E-state index contributed by atoms with van der Waals surface area (Å²) in [5.41, 5.74) is 1.84. The predicted octanol–water partition coefficient (Wildman–Crippen LogP) is 4.78. The molecule has 190 valence electrons. The number of benzene rings is 2. The van der Waals surface area contributed by atoms with Gasteiger partial charge in [-0.05, 0) is 51.0 Å². The van der Waals surface area contributed by atoms with Gasteiger partial charge in [0.25, 0.3) is 11.8 Å². The standard InChI is InChI=1S/C26H28N2O6S2/c1-15(2)13-19(25(31)32)27-23(29)17-9-5-7-11-21(17)35-36-22-12-8-6-10-18(22)24(30)28-20(26(33)34)14-16(3)4/h5-12,19-20H,1,3,13-14H2,2,4H3,(H,27,29)(H,28,30)(H,31,32)(H,33,34)/t19-,20-/m0/s1. The molecule has 0 fully saturated rings. The number of carbonyl (C=O) groups is 4. The molecular weight excluding hydrogens is 500 g/mol. The number of amides is 2. The van der Waals surface area contributed by atoms with Crippen LogP contribution in [0.5, 0.6) is 0 Å². The number of carboxylic acid groups (broad SMARTS) is 2. The highest BCUT2D eigenvalue weighted by atomic mass is 33.1. The Kier molecular flexibility index (Phi) is 10.8. The number of hydrogen-bond donors (Lipinski definition) is 4. The van der Waals surface area contributed by atoms with Crippen LogP contribution in [0.2, 0.25) is 0 Å². The van der Waals surface area contributed by atoms with Gasteiger partial charge < -0.3 is 20.8 Å². The number of carboxylic acids is 2.